The standard InChI is InChI=1S/C16H26N4O/c1-2-6-20-8-7-19(11-15(20)3-1)12-16-9-14(18-21-16)10-17-13-4-5-13/h9,13,15,17H,1-8,10-12H2. The monoisotopic (exact) mass is 290 g/mol. The Morgan fingerprint density at radius 3 is 3.05 bits per heavy atom. The molecule has 0 bridgehead atoms. The van der Waals surface area contributed by atoms with E-state index in [0.717, 1.165) is 43.2 Å². The van der Waals surface area contributed by atoms with Crippen LogP contribution in [0.4, 0.5) is 0 Å². The molecule has 1 aliphatic carbocycles. The molecular weight excluding hydrogens is 264 g/mol. The number of piperazine rings is 1. The minimum absolute atomic E-state index is 0.726. The maximum atomic E-state index is 5.51. The van der Waals surface area contributed by atoms with Crippen LogP contribution in [0.5, 0.6) is 0 Å². The van der Waals surface area contributed by atoms with Gasteiger partial charge in [0.1, 0.15) is 0 Å². The average molecular weight is 290 g/mol. The van der Waals surface area contributed by atoms with E-state index in [1.54, 1.807) is 0 Å². The first-order chi connectivity index (χ1) is 10.4. The van der Waals surface area contributed by atoms with Crippen LogP contribution in [0.1, 0.15) is 43.6 Å². The molecule has 0 spiro atoms. The molecule has 1 atom stereocenters. The van der Waals surface area contributed by atoms with Crippen molar-refractivity contribution in [1.29, 1.82) is 0 Å². The van der Waals surface area contributed by atoms with Gasteiger partial charge >= 0.3 is 0 Å². The molecule has 1 aromatic rings. The van der Waals surface area contributed by atoms with Crippen molar-refractivity contribution in [1.82, 2.24) is 20.3 Å². The molecule has 0 radical (unpaired) electrons. The van der Waals surface area contributed by atoms with Gasteiger partial charge in [-0.25, -0.2) is 0 Å². The number of aromatic nitrogens is 1. The van der Waals surface area contributed by atoms with Crippen LogP contribution in [0.25, 0.3) is 0 Å². The molecule has 3 heterocycles. The van der Waals surface area contributed by atoms with Crippen molar-refractivity contribution in [3.63, 3.8) is 0 Å². The summed E-state index contributed by atoms with van der Waals surface area (Å²) < 4.78 is 5.51. The van der Waals surface area contributed by atoms with E-state index in [4.69, 9.17) is 4.52 Å². The molecule has 116 valence electrons. The molecule has 1 saturated carbocycles. The highest BCUT2D eigenvalue weighted by molar-refractivity contribution is 5.06. The topological polar surface area (TPSA) is 44.5 Å². The van der Waals surface area contributed by atoms with E-state index in [0.29, 0.717) is 0 Å². The molecule has 5 heteroatoms. The molecule has 21 heavy (non-hydrogen) atoms. The maximum absolute atomic E-state index is 5.51. The Labute approximate surface area is 126 Å². The SMILES string of the molecule is c1c(CNC2CC2)noc1CN1CCN2CCCCC2C1. The van der Waals surface area contributed by atoms with E-state index in [1.165, 1.54) is 51.7 Å². The molecule has 2 saturated heterocycles. The lowest BCUT2D eigenvalue weighted by Gasteiger charge is -2.43. The van der Waals surface area contributed by atoms with E-state index in [-0.39, 0.29) is 0 Å². The molecule has 0 amide bonds. The van der Waals surface area contributed by atoms with Crippen molar-refractivity contribution in [3.05, 3.63) is 17.5 Å². The van der Waals surface area contributed by atoms with Gasteiger partial charge in [0.25, 0.3) is 0 Å². The molecule has 1 unspecified atom stereocenters. The maximum Gasteiger partial charge on any atom is 0.151 e. The third-order valence-electron chi connectivity index (χ3n) is 5.06. The first-order valence-electron chi connectivity index (χ1n) is 8.51. The van der Waals surface area contributed by atoms with Crippen LogP contribution >= 0.6 is 0 Å². The fourth-order valence-electron chi connectivity index (χ4n) is 3.63. The normalized spacial score (nSPS) is 27.7. The van der Waals surface area contributed by atoms with Crippen molar-refractivity contribution >= 4 is 0 Å². The number of piperidine rings is 1. The second-order valence-electron chi connectivity index (χ2n) is 6.86. The summed E-state index contributed by atoms with van der Waals surface area (Å²) in [6.45, 7) is 6.64. The van der Waals surface area contributed by atoms with E-state index < -0.39 is 0 Å². The summed E-state index contributed by atoms with van der Waals surface area (Å²) in [5.41, 5.74) is 1.05. The number of fused-ring (bicyclic) bond motifs is 1. The Balaban J connectivity index is 1.29. The summed E-state index contributed by atoms with van der Waals surface area (Å²) in [5.74, 6) is 1.02. The Morgan fingerprint density at radius 2 is 2.14 bits per heavy atom. The highest BCUT2D eigenvalue weighted by Crippen LogP contribution is 2.22. The number of nitrogens with one attached hydrogen (secondary N) is 1. The predicted octanol–water partition coefficient (Wildman–Crippen LogP) is 1.60. The largest absolute Gasteiger partial charge is 0.360 e. The highest BCUT2D eigenvalue weighted by Gasteiger charge is 2.29. The number of rotatable bonds is 5. The van der Waals surface area contributed by atoms with Gasteiger partial charge in [-0.3, -0.25) is 9.80 Å². The highest BCUT2D eigenvalue weighted by atomic mass is 16.5. The quantitative estimate of drug-likeness (QED) is 0.892. The molecule has 0 aromatic carbocycles. The van der Waals surface area contributed by atoms with Crippen LogP contribution in [0.3, 0.4) is 0 Å². The number of nitrogens with zero attached hydrogens (tertiary/aromatic N) is 3. The molecule has 3 aliphatic rings. The van der Waals surface area contributed by atoms with E-state index in [9.17, 15) is 0 Å². The molecule has 4 rings (SSSR count). The minimum Gasteiger partial charge on any atom is -0.360 e. The predicted molar refractivity (Wildman–Crippen MR) is 80.9 cm³/mol. The van der Waals surface area contributed by atoms with Gasteiger partial charge in [0.2, 0.25) is 0 Å². The molecule has 5 nitrogen and oxygen atoms in total. The summed E-state index contributed by atoms with van der Waals surface area (Å²) in [6.07, 6.45) is 6.78. The van der Waals surface area contributed by atoms with Crippen LogP contribution in [0.2, 0.25) is 0 Å². The van der Waals surface area contributed by atoms with Gasteiger partial charge < -0.3 is 9.84 Å². The van der Waals surface area contributed by atoms with Gasteiger partial charge in [-0.05, 0) is 32.2 Å². The summed E-state index contributed by atoms with van der Waals surface area (Å²) in [5, 5.41) is 7.67. The third-order valence-corrected chi connectivity index (χ3v) is 5.06. The van der Waals surface area contributed by atoms with Crippen LogP contribution in [-0.2, 0) is 13.1 Å². The average Bonchev–Trinajstić information content (AvgIpc) is 3.25. The summed E-state index contributed by atoms with van der Waals surface area (Å²) in [4.78, 5) is 5.20. The van der Waals surface area contributed by atoms with Crippen LogP contribution in [-0.4, -0.2) is 53.2 Å². The van der Waals surface area contributed by atoms with Gasteiger partial charge in [0.15, 0.2) is 5.76 Å². The zero-order valence-electron chi connectivity index (χ0n) is 12.8. The first kappa shape index (κ1) is 13.7. The lowest BCUT2D eigenvalue weighted by molar-refractivity contribution is 0.0417. The zero-order chi connectivity index (χ0) is 14.1. The van der Waals surface area contributed by atoms with Crippen LogP contribution in [0, 0.1) is 0 Å². The molecule has 2 aliphatic heterocycles. The Morgan fingerprint density at radius 1 is 1.19 bits per heavy atom. The van der Waals surface area contributed by atoms with Crippen LogP contribution < -0.4 is 5.32 Å². The van der Waals surface area contributed by atoms with Gasteiger partial charge in [0, 0.05) is 44.3 Å². The number of hydrogen-bond acceptors (Lipinski definition) is 5. The van der Waals surface area contributed by atoms with Gasteiger partial charge in [0.05, 0.1) is 12.2 Å². The Hall–Kier alpha value is -0.910. The van der Waals surface area contributed by atoms with Gasteiger partial charge in [-0.2, -0.15) is 0 Å². The molecule has 1 N–H and O–H groups in total. The third kappa shape index (κ3) is 3.47. The lowest BCUT2D eigenvalue weighted by atomic mass is 9.99. The Bertz CT molecular complexity index is 471. The summed E-state index contributed by atoms with van der Waals surface area (Å²) in [7, 11) is 0. The van der Waals surface area contributed by atoms with Crippen molar-refractivity contribution < 1.29 is 4.52 Å². The van der Waals surface area contributed by atoms with Crippen molar-refractivity contribution in [2.75, 3.05) is 26.2 Å². The first-order valence-corrected chi connectivity index (χ1v) is 8.51. The molecule has 3 fully saturated rings. The minimum atomic E-state index is 0.726. The van der Waals surface area contributed by atoms with Crippen molar-refractivity contribution in [2.24, 2.45) is 0 Å². The molecule has 1 aromatic heterocycles. The number of hydrogen-bond donors (Lipinski definition) is 1. The van der Waals surface area contributed by atoms with Crippen LogP contribution in [0.15, 0.2) is 10.6 Å². The van der Waals surface area contributed by atoms with Gasteiger partial charge in [-0.1, -0.05) is 11.6 Å². The second kappa shape index (κ2) is 6.07. The van der Waals surface area contributed by atoms with E-state index in [2.05, 4.69) is 26.3 Å². The fourth-order valence-corrected chi connectivity index (χ4v) is 3.63. The Kier molecular flexibility index (Phi) is 3.97. The second-order valence-corrected chi connectivity index (χ2v) is 6.86. The molecular formula is C16H26N4O. The summed E-state index contributed by atoms with van der Waals surface area (Å²) >= 11 is 0. The summed E-state index contributed by atoms with van der Waals surface area (Å²) in [6, 6.07) is 3.62. The lowest BCUT2D eigenvalue weighted by Crippen LogP contribution is -2.54. The van der Waals surface area contributed by atoms with Crippen molar-refractivity contribution in [3.8, 4) is 0 Å². The fraction of sp³-hybridized carbons (Fsp3) is 0.812. The van der Waals surface area contributed by atoms with Crippen molar-refractivity contribution in [2.45, 2.75) is 57.3 Å². The van der Waals surface area contributed by atoms with E-state index >= 15 is 0 Å². The van der Waals surface area contributed by atoms with E-state index in [1.807, 2.05) is 0 Å². The smallest absolute Gasteiger partial charge is 0.151 e. The van der Waals surface area contributed by atoms with Gasteiger partial charge in [-0.15, -0.1) is 0 Å². The zero-order valence-corrected chi connectivity index (χ0v) is 12.8.